The Balaban J connectivity index is 1.55. The summed E-state index contributed by atoms with van der Waals surface area (Å²) in [4.78, 5) is 28.5. The van der Waals surface area contributed by atoms with Crippen LogP contribution in [-0.4, -0.2) is 57.9 Å². The predicted molar refractivity (Wildman–Crippen MR) is 138 cm³/mol. The second kappa shape index (κ2) is 11.8. The Labute approximate surface area is 208 Å². The van der Waals surface area contributed by atoms with Gasteiger partial charge in [0.25, 0.3) is 0 Å². The number of sulfonamides is 1. The zero-order valence-corrected chi connectivity index (χ0v) is 21.8. The third kappa shape index (κ3) is 7.13. The molecule has 1 atom stereocenters. The fourth-order valence-electron chi connectivity index (χ4n) is 4.24. The zero-order chi connectivity index (χ0) is 25.6. The first-order chi connectivity index (χ1) is 16.6. The van der Waals surface area contributed by atoms with Gasteiger partial charge in [0.2, 0.25) is 21.8 Å². The Morgan fingerprint density at radius 1 is 1.11 bits per heavy atom. The van der Waals surface area contributed by atoms with Crippen LogP contribution in [-0.2, 0) is 32.6 Å². The fourth-order valence-corrected chi connectivity index (χ4v) is 5.64. The Bertz CT molecular complexity index is 1140. The summed E-state index contributed by atoms with van der Waals surface area (Å²) in [7, 11) is -1.88. The maximum Gasteiger partial charge on any atom is 0.241 e. The van der Waals surface area contributed by atoms with E-state index in [1.165, 1.54) is 18.6 Å². The van der Waals surface area contributed by atoms with Gasteiger partial charge < -0.3 is 15.1 Å². The molecule has 0 saturated heterocycles. The molecule has 2 aromatic rings. The third-order valence-corrected chi connectivity index (χ3v) is 7.62. The van der Waals surface area contributed by atoms with Crippen LogP contribution in [0.1, 0.15) is 38.3 Å². The van der Waals surface area contributed by atoms with Crippen LogP contribution in [0.3, 0.4) is 0 Å². The molecule has 0 saturated carbocycles. The first-order valence-electron chi connectivity index (χ1n) is 12.0. The molecule has 2 N–H and O–H groups in total. The number of rotatable bonds is 11. The Morgan fingerprint density at radius 2 is 1.83 bits per heavy atom. The maximum atomic E-state index is 13.1. The van der Waals surface area contributed by atoms with Crippen LogP contribution >= 0.6 is 0 Å². The summed E-state index contributed by atoms with van der Waals surface area (Å²) in [5.41, 5.74) is 2.79. The number of hydrogen-bond acceptors (Lipinski definition) is 5. The first kappa shape index (κ1) is 26.8. The number of fused-ring (bicyclic) bond motifs is 1. The number of nitrogens with zero attached hydrogens (tertiary/aromatic N) is 2. The van der Waals surface area contributed by atoms with Gasteiger partial charge in [0.1, 0.15) is 6.04 Å². The van der Waals surface area contributed by atoms with Gasteiger partial charge in [-0.1, -0.05) is 44.2 Å². The lowest BCUT2D eigenvalue weighted by atomic mass is 10.1. The van der Waals surface area contributed by atoms with E-state index in [0.717, 1.165) is 30.8 Å². The van der Waals surface area contributed by atoms with Crippen molar-refractivity contribution >= 4 is 27.5 Å². The van der Waals surface area contributed by atoms with Gasteiger partial charge in [-0.15, -0.1) is 0 Å². The van der Waals surface area contributed by atoms with Crippen LogP contribution < -0.4 is 14.9 Å². The minimum absolute atomic E-state index is 0.0692. The second-order valence-corrected chi connectivity index (χ2v) is 11.1. The highest BCUT2D eigenvalue weighted by atomic mass is 32.2. The number of amides is 2. The van der Waals surface area contributed by atoms with Gasteiger partial charge in [-0.2, -0.15) is 4.72 Å². The van der Waals surface area contributed by atoms with E-state index >= 15 is 0 Å². The lowest BCUT2D eigenvalue weighted by molar-refractivity contribution is -0.123. The molecule has 1 aliphatic rings. The third-order valence-electron chi connectivity index (χ3n) is 6.18. The average molecular weight is 501 g/mol. The van der Waals surface area contributed by atoms with Crippen molar-refractivity contribution in [1.29, 1.82) is 0 Å². The van der Waals surface area contributed by atoms with Crippen molar-refractivity contribution < 1.29 is 18.0 Å². The monoisotopic (exact) mass is 500 g/mol. The van der Waals surface area contributed by atoms with Gasteiger partial charge >= 0.3 is 0 Å². The van der Waals surface area contributed by atoms with Crippen molar-refractivity contribution in [2.24, 2.45) is 5.92 Å². The molecule has 0 spiro atoms. The van der Waals surface area contributed by atoms with Gasteiger partial charge in [-0.25, -0.2) is 8.42 Å². The van der Waals surface area contributed by atoms with E-state index in [9.17, 15) is 18.0 Å². The number of benzene rings is 2. The number of hydrogen-bond donors (Lipinski definition) is 2. The zero-order valence-electron chi connectivity index (χ0n) is 21.0. The highest BCUT2D eigenvalue weighted by Gasteiger charge is 2.30. The molecule has 1 heterocycles. The predicted octanol–water partition coefficient (Wildman–Crippen LogP) is 2.54. The number of anilines is 1. The maximum absolute atomic E-state index is 13.1. The molecule has 0 bridgehead atoms. The van der Waals surface area contributed by atoms with E-state index in [2.05, 4.69) is 27.1 Å². The summed E-state index contributed by atoms with van der Waals surface area (Å²) in [6, 6.07) is 14.0. The van der Waals surface area contributed by atoms with Gasteiger partial charge in [0.05, 0.1) is 4.90 Å². The number of carbonyl (C=O) groups is 2. The first-order valence-corrected chi connectivity index (χ1v) is 13.5. The molecule has 2 amide bonds. The molecule has 1 aliphatic heterocycles. The van der Waals surface area contributed by atoms with Crippen molar-refractivity contribution in [3.8, 4) is 0 Å². The van der Waals surface area contributed by atoms with Crippen LogP contribution in [0.2, 0.25) is 0 Å². The summed E-state index contributed by atoms with van der Waals surface area (Å²) in [5, 5.41) is 2.88. The standard InChI is InChI=1S/C26H36N4O4S/c1-19(2)25(26(32)27-14-8-15-29(4)18-21-9-6-5-7-10-21)28-35(33,34)23-11-12-24-22(17-23)13-16-30(24)20(3)31/h5-7,9-12,17,19,25,28H,8,13-16,18H2,1-4H3,(H,27,32)/t25-/m0/s1. The highest BCUT2D eigenvalue weighted by molar-refractivity contribution is 7.89. The minimum atomic E-state index is -3.91. The molecule has 190 valence electrons. The summed E-state index contributed by atoms with van der Waals surface area (Å²) in [6.45, 7) is 7.76. The Kier molecular flexibility index (Phi) is 9.04. The van der Waals surface area contributed by atoms with Crippen molar-refractivity contribution in [2.75, 3.05) is 31.6 Å². The van der Waals surface area contributed by atoms with Crippen LogP contribution in [0, 0.1) is 5.92 Å². The number of carbonyl (C=O) groups excluding carboxylic acids is 2. The van der Waals surface area contributed by atoms with Crippen LogP contribution in [0.15, 0.2) is 53.4 Å². The molecule has 0 aliphatic carbocycles. The molecule has 0 aromatic heterocycles. The van der Waals surface area contributed by atoms with Crippen molar-refractivity contribution in [1.82, 2.24) is 14.9 Å². The van der Waals surface area contributed by atoms with E-state index in [1.54, 1.807) is 17.0 Å². The van der Waals surface area contributed by atoms with E-state index in [1.807, 2.05) is 39.1 Å². The molecule has 35 heavy (non-hydrogen) atoms. The molecule has 0 fully saturated rings. The van der Waals surface area contributed by atoms with E-state index in [-0.39, 0.29) is 22.6 Å². The Morgan fingerprint density at radius 3 is 2.49 bits per heavy atom. The molecule has 2 aromatic carbocycles. The van der Waals surface area contributed by atoms with Gasteiger partial charge in [-0.3, -0.25) is 9.59 Å². The minimum Gasteiger partial charge on any atom is -0.355 e. The SMILES string of the molecule is CC(=O)N1CCc2cc(S(=O)(=O)N[C@H](C(=O)NCCCN(C)Cc3ccccc3)C(C)C)ccc21. The van der Waals surface area contributed by atoms with Crippen molar-refractivity contribution in [2.45, 2.75) is 51.1 Å². The fraction of sp³-hybridized carbons (Fsp3) is 0.462. The van der Waals surface area contributed by atoms with Crippen LogP contribution in [0.4, 0.5) is 5.69 Å². The lowest BCUT2D eigenvalue weighted by Crippen LogP contribution is -2.49. The molecule has 0 radical (unpaired) electrons. The Hall–Kier alpha value is -2.75. The van der Waals surface area contributed by atoms with Gasteiger partial charge in [0.15, 0.2) is 0 Å². The van der Waals surface area contributed by atoms with E-state index < -0.39 is 16.1 Å². The summed E-state index contributed by atoms with van der Waals surface area (Å²) >= 11 is 0. The lowest BCUT2D eigenvalue weighted by Gasteiger charge is -2.22. The molecular formula is C26H36N4O4S. The second-order valence-electron chi connectivity index (χ2n) is 9.42. The average Bonchev–Trinajstić information content (AvgIpc) is 3.24. The van der Waals surface area contributed by atoms with Gasteiger partial charge in [-0.05, 0) is 61.7 Å². The summed E-state index contributed by atoms with van der Waals surface area (Å²) < 4.78 is 28.7. The van der Waals surface area contributed by atoms with E-state index in [0.29, 0.717) is 19.5 Å². The quantitative estimate of drug-likeness (QED) is 0.462. The van der Waals surface area contributed by atoms with Gasteiger partial charge in [0, 0.05) is 32.2 Å². The van der Waals surface area contributed by atoms with Crippen LogP contribution in [0.25, 0.3) is 0 Å². The molecule has 3 rings (SSSR count). The topological polar surface area (TPSA) is 98.8 Å². The summed E-state index contributed by atoms with van der Waals surface area (Å²) in [5.74, 6) is -0.633. The molecule has 8 nitrogen and oxygen atoms in total. The van der Waals surface area contributed by atoms with Crippen LogP contribution in [0.5, 0.6) is 0 Å². The smallest absolute Gasteiger partial charge is 0.241 e. The molecule has 9 heteroatoms. The largest absolute Gasteiger partial charge is 0.355 e. The number of nitrogens with one attached hydrogen (secondary N) is 2. The van der Waals surface area contributed by atoms with Crippen molar-refractivity contribution in [3.05, 3.63) is 59.7 Å². The highest BCUT2D eigenvalue weighted by Crippen LogP contribution is 2.30. The molecular weight excluding hydrogens is 464 g/mol. The van der Waals surface area contributed by atoms with Crippen molar-refractivity contribution in [3.63, 3.8) is 0 Å². The molecule has 0 unspecified atom stereocenters. The van der Waals surface area contributed by atoms with E-state index in [4.69, 9.17) is 0 Å². The summed E-state index contributed by atoms with van der Waals surface area (Å²) in [6.07, 6.45) is 1.36. The normalized spacial score (nSPS) is 14.3.